The van der Waals surface area contributed by atoms with Gasteiger partial charge in [0.25, 0.3) is 17.3 Å². The third kappa shape index (κ3) is 3.45. The molecule has 29 heavy (non-hydrogen) atoms. The minimum atomic E-state index is -0.541. The van der Waals surface area contributed by atoms with E-state index in [0.717, 1.165) is 0 Å². The first-order valence-corrected chi connectivity index (χ1v) is 8.30. The number of fused-ring (bicyclic) bond motifs is 1. The highest BCUT2D eigenvalue weighted by atomic mass is 16.6. The SMILES string of the molecule is O=C1COc2cc([N+](=O)[O-])ccc2N1Cc1cn(-c2ccc([N+](=O)[O-])cc2)nn1. The van der Waals surface area contributed by atoms with Gasteiger partial charge in [-0.1, -0.05) is 5.21 Å². The Kier molecular flexibility index (Phi) is 4.35. The lowest BCUT2D eigenvalue weighted by Crippen LogP contribution is -2.38. The van der Waals surface area contributed by atoms with Crippen molar-refractivity contribution in [3.63, 3.8) is 0 Å². The van der Waals surface area contributed by atoms with Gasteiger partial charge in [-0.2, -0.15) is 0 Å². The summed E-state index contributed by atoms with van der Waals surface area (Å²) in [5, 5.41) is 29.7. The fraction of sp³-hybridized carbons (Fsp3) is 0.118. The second-order valence-corrected chi connectivity index (χ2v) is 6.11. The number of non-ortho nitro benzene ring substituents is 2. The molecule has 0 unspecified atom stereocenters. The molecule has 1 aromatic heterocycles. The Morgan fingerprint density at radius 1 is 1.03 bits per heavy atom. The Balaban J connectivity index is 1.58. The number of amides is 1. The van der Waals surface area contributed by atoms with Crippen LogP contribution in [0.1, 0.15) is 5.69 Å². The van der Waals surface area contributed by atoms with Gasteiger partial charge in [-0.3, -0.25) is 29.9 Å². The predicted octanol–water partition coefficient (Wildman–Crippen LogP) is 2.01. The molecule has 2 aromatic carbocycles. The lowest BCUT2D eigenvalue weighted by molar-refractivity contribution is -0.385. The van der Waals surface area contributed by atoms with Crippen LogP contribution in [-0.4, -0.2) is 37.4 Å². The smallest absolute Gasteiger partial charge is 0.273 e. The molecule has 12 heteroatoms. The van der Waals surface area contributed by atoms with Gasteiger partial charge in [-0.15, -0.1) is 5.10 Å². The zero-order valence-electron chi connectivity index (χ0n) is 14.7. The molecule has 2 heterocycles. The summed E-state index contributed by atoms with van der Waals surface area (Å²) in [4.78, 5) is 34.4. The van der Waals surface area contributed by atoms with Crippen molar-refractivity contribution in [2.24, 2.45) is 0 Å². The molecule has 0 radical (unpaired) electrons. The average molecular weight is 396 g/mol. The average Bonchev–Trinajstić information content (AvgIpc) is 3.18. The molecule has 0 spiro atoms. The van der Waals surface area contributed by atoms with Crippen molar-refractivity contribution in [2.45, 2.75) is 6.54 Å². The summed E-state index contributed by atoms with van der Waals surface area (Å²) in [6, 6.07) is 9.78. The summed E-state index contributed by atoms with van der Waals surface area (Å²) in [7, 11) is 0. The molecule has 146 valence electrons. The summed E-state index contributed by atoms with van der Waals surface area (Å²) in [6.07, 6.45) is 1.59. The predicted molar refractivity (Wildman–Crippen MR) is 97.8 cm³/mol. The number of nitro groups is 2. The van der Waals surface area contributed by atoms with Gasteiger partial charge in [-0.05, 0) is 18.2 Å². The van der Waals surface area contributed by atoms with Gasteiger partial charge in [0.2, 0.25) is 0 Å². The molecule has 0 bridgehead atoms. The zero-order chi connectivity index (χ0) is 20.5. The number of anilines is 1. The van der Waals surface area contributed by atoms with Crippen molar-refractivity contribution in [3.8, 4) is 11.4 Å². The van der Waals surface area contributed by atoms with Crippen LogP contribution < -0.4 is 9.64 Å². The van der Waals surface area contributed by atoms with Crippen molar-refractivity contribution >= 4 is 23.0 Å². The lowest BCUT2D eigenvalue weighted by Gasteiger charge is -2.28. The van der Waals surface area contributed by atoms with E-state index in [1.807, 2.05) is 0 Å². The van der Waals surface area contributed by atoms with Crippen molar-refractivity contribution in [1.29, 1.82) is 0 Å². The van der Waals surface area contributed by atoms with Gasteiger partial charge < -0.3 is 4.74 Å². The first-order chi connectivity index (χ1) is 13.9. The maximum Gasteiger partial charge on any atom is 0.273 e. The lowest BCUT2D eigenvalue weighted by atomic mass is 10.2. The van der Waals surface area contributed by atoms with Crippen molar-refractivity contribution < 1.29 is 19.4 Å². The third-order valence-corrected chi connectivity index (χ3v) is 4.28. The molecule has 1 amide bonds. The van der Waals surface area contributed by atoms with Gasteiger partial charge in [-0.25, -0.2) is 4.68 Å². The summed E-state index contributed by atoms with van der Waals surface area (Å²) in [5.41, 5.74) is 1.25. The van der Waals surface area contributed by atoms with Crippen molar-refractivity contribution in [1.82, 2.24) is 15.0 Å². The van der Waals surface area contributed by atoms with Crippen LogP contribution in [0.3, 0.4) is 0 Å². The number of rotatable bonds is 5. The second kappa shape index (κ2) is 6.99. The minimum absolute atomic E-state index is 0.0429. The van der Waals surface area contributed by atoms with E-state index in [4.69, 9.17) is 4.74 Å². The van der Waals surface area contributed by atoms with Crippen LogP contribution in [-0.2, 0) is 11.3 Å². The maximum absolute atomic E-state index is 12.3. The van der Waals surface area contributed by atoms with E-state index in [9.17, 15) is 25.0 Å². The quantitative estimate of drug-likeness (QED) is 0.470. The van der Waals surface area contributed by atoms with Gasteiger partial charge >= 0.3 is 0 Å². The molecule has 3 aromatic rings. The highest BCUT2D eigenvalue weighted by molar-refractivity contribution is 5.97. The summed E-state index contributed by atoms with van der Waals surface area (Å²) >= 11 is 0. The molecule has 1 aliphatic rings. The Labute approximate surface area is 162 Å². The molecular weight excluding hydrogens is 384 g/mol. The molecular formula is C17H12N6O6. The van der Waals surface area contributed by atoms with Crippen LogP contribution in [0.25, 0.3) is 5.69 Å². The van der Waals surface area contributed by atoms with Gasteiger partial charge in [0.1, 0.15) is 5.69 Å². The number of aromatic nitrogens is 3. The molecule has 0 saturated heterocycles. The topological polar surface area (TPSA) is 147 Å². The van der Waals surface area contributed by atoms with Crippen LogP contribution in [0.5, 0.6) is 5.75 Å². The van der Waals surface area contributed by atoms with Gasteiger partial charge in [0, 0.05) is 18.2 Å². The number of ether oxygens (including phenoxy) is 1. The number of benzene rings is 2. The van der Waals surface area contributed by atoms with E-state index in [2.05, 4.69) is 10.3 Å². The highest BCUT2D eigenvalue weighted by Gasteiger charge is 2.28. The monoisotopic (exact) mass is 396 g/mol. The molecule has 1 aliphatic heterocycles. The van der Waals surface area contributed by atoms with Crippen LogP contribution in [0, 0.1) is 20.2 Å². The van der Waals surface area contributed by atoms with Crippen LogP contribution >= 0.6 is 0 Å². The standard InChI is InChI=1S/C17H12N6O6/c24-17-10-29-16-7-14(23(27)28)5-6-15(16)20(17)8-11-9-21(19-18-11)12-1-3-13(4-2-12)22(25)26/h1-7,9H,8,10H2. The number of carbonyl (C=O) groups excluding carboxylic acids is 1. The molecule has 4 rings (SSSR count). The fourth-order valence-corrected chi connectivity index (χ4v) is 2.87. The maximum atomic E-state index is 12.3. The first kappa shape index (κ1) is 18.0. The third-order valence-electron chi connectivity index (χ3n) is 4.28. The van der Waals surface area contributed by atoms with E-state index in [-0.39, 0.29) is 36.2 Å². The molecule has 0 atom stereocenters. The number of carbonyl (C=O) groups is 1. The van der Waals surface area contributed by atoms with Crippen LogP contribution in [0.15, 0.2) is 48.7 Å². The van der Waals surface area contributed by atoms with Crippen LogP contribution in [0.4, 0.5) is 17.1 Å². The van der Waals surface area contributed by atoms with E-state index in [1.165, 1.54) is 52.0 Å². The summed E-state index contributed by atoms with van der Waals surface area (Å²) in [6.45, 7) is -0.162. The molecule has 0 saturated carbocycles. The molecule has 0 N–H and O–H groups in total. The van der Waals surface area contributed by atoms with Gasteiger partial charge in [0.05, 0.1) is 40.0 Å². The molecule has 12 nitrogen and oxygen atoms in total. The summed E-state index contributed by atoms with van der Waals surface area (Å²) < 4.78 is 6.74. The van der Waals surface area contributed by atoms with Crippen LogP contribution in [0.2, 0.25) is 0 Å². The zero-order valence-corrected chi connectivity index (χ0v) is 14.7. The number of nitro benzene ring substituents is 2. The van der Waals surface area contributed by atoms with E-state index in [0.29, 0.717) is 17.1 Å². The van der Waals surface area contributed by atoms with Crippen molar-refractivity contribution in [3.05, 3.63) is 74.6 Å². The normalized spacial score (nSPS) is 13.0. The largest absolute Gasteiger partial charge is 0.481 e. The number of hydrogen-bond acceptors (Lipinski definition) is 8. The second-order valence-electron chi connectivity index (χ2n) is 6.11. The number of hydrogen-bond donors (Lipinski definition) is 0. The summed E-state index contributed by atoms with van der Waals surface area (Å²) in [5.74, 6) is -0.0854. The van der Waals surface area contributed by atoms with Gasteiger partial charge in [0.15, 0.2) is 12.4 Å². The Morgan fingerprint density at radius 2 is 1.72 bits per heavy atom. The van der Waals surface area contributed by atoms with E-state index >= 15 is 0 Å². The fourth-order valence-electron chi connectivity index (χ4n) is 2.87. The molecule has 0 fully saturated rings. The molecule has 0 aliphatic carbocycles. The Morgan fingerprint density at radius 3 is 2.41 bits per heavy atom. The Bertz CT molecular complexity index is 1130. The highest BCUT2D eigenvalue weighted by Crippen LogP contribution is 2.35. The number of nitrogens with zero attached hydrogens (tertiary/aromatic N) is 6. The minimum Gasteiger partial charge on any atom is -0.481 e. The van der Waals surface area contributed by atoms with E-state index in [1.54, 1.807) is 6.20 Å². The first-order valence-electron chi connectivity index (χ1n) is 8.30. The van der Waals surface area contributed by atoms with E-state index < -0.39 is 9.85 Å². The Hall–Kier alpha value is -4.35. The van der Waals surface area contributed by atoms with Crippen molar-refractivity contribution in [2.75, 3.05) is 11.5 Å².